The van der Waals surface area contributed by atoms with Crippen LogP contribution in [0.4, 0.5) is 5.69 Å². The molecule has 1 amide bonds. The number of sulfonamides is 1. The molecule has 3 aromatic carbocycles. The van der Waals surface area contributed by atoms with Crippen molar-refractivity contribution in [3.05, 3.63) is 72.8 Å². The molecule has 0 fully saturated rings. The topological polar surface area (TPSA) is 57.7 Å². The first-order valence-electron chi connectivity index (χ1n) is 8.74. The Labute approximate surface area is 159 Å². The zero-order valence-corrected chi connectivity index (χ0v) is 16.2. The molecule has 0 bridgehead atoms. The van der Waals surface area contributed by atoms with Gasteiger partial charge in [0.25, 0.3) is 0 Å². The number of nitrogens with zero attached hydrogens (tertiary/aromatic N) is 2. The van der Waals surface area contributed by atoms with Crippen LogP contribution in [0.1, 0.15) is 6.92 Å². The average molecular weight is 382 g/mol. The van der Waals surface area contributed by atoms with Gasteiger partial charge >= 0.3 is 0 Å². The summed E-state index contributed by atoms with van der Waals surface area (Å²) in [6.07, 6.45) is 0. The van der Waals surface area contributed by atoms with Crippen molar-refractivity contribution < 1.29 is 13.2 Å². The molecule has 0 radical (unpaired) electrons. The van der Waals surface area contributed by atoms with Gasteiger partial charge in [0, 0.05) is 19.3 Å². The number of carbonyl (C=O) groups is 1. The maximum atomic E-state index is 12.9. The van der Waals surface area contributed by atoms with E-state index in [1.807, 2.05) is 61.5 Å². The second kappa shape index (κ2) is 7.90. The van der Waals surface area contributed by atoms with E-state index in [1.165, 1.54) is 7.05 Å². The fourth-order valence-electron chi connectivity index (χ4n) is 2.98. The summed E-state index contributed by atoms with van der Waals surface area (Å²) < 4.78 is 26.9. The minimum absolute atomic E-state index is 0.180. The average Bonchev–Trinajstić information content (AvgIpc) is 2.69. The minimum atomic E-state index is -3.76. The molecule has 27 heavy (non-hydrogen) atoms. The number of likely N-dealkylation sites (N-methyl/N-ethyl adjacent to an activating group) is 2. The maximum absolute atomic E-state index is 12.9. The third kappa shape index (κ3) is 4.02. The monoisotopic (exact) mass is 382 g/mol. The van der Waals surface area contributed by atoms with Gasteiger partial charge in [-0.1, -0.05) is 48.5 Å². The van der Waals surface area contributed by atoms with Crippen LogP contribution in [-0.2, 0) is 14.8 Å². The lowest BCUT2D eigenvalue weighted by Crippen LogP contribution is -2.41. The maximum Gasteiger partial charge on any atom is 0.243 e. The van der Waals surface area contributed by atoms with Crippen LogP contribution in [0.25, 0.3) is 10.8 Å². The van der Waals surface area contributed by atoms with Gasteiger partial charge in [0.05, 0.1) is 11.4 Å². The van der Waals surface area contributed by atoms with Crippen LogP contribution < -0.4 is 4.90 Å². The number of carbonyl (C=O) groups excluding carboxylic acids is 1. The SMILES string of the molecule is CCN(C(=O)CN(C)S(=O)(=O)c1ccc2ccccc2c1)c1ccccc1. The summed E-state index contributed by atoms with van der Waals surface area (Å²) >= 11 is 0. The van der Waals surface area contributed by atoms with Crippen molar-refractivity contribution in [1.82, 2.24) is 4.31 Å². The molecule has 0 saturated carbocycles. The highest BCUT2D eigenvalue weighted by atomic mass is 32.2. The standard InChI is InChI=1S/C21H22N2O3S/c1-3-23(19-11-5-4-6-12-19)21(24)16-22(2)27(25,26)20-14-13-17-9-7-8-10-18(17)15-20/h4-15H,3,16H2,1-2H3. The Kier molecular flexibility index (Phi) is 5.58. The molecule has 0 aromatic heterocycles. The molecule has 0 N–H and O–H groups in total. The molecule has 0 aliphatic heterocycles. The second-order valence-electron chi connectivity index (χ2n) is 6.24. The first-order valence-corrected chi connectivity index (χ1v) is 10.2. The molecule has 6 heteroatoms. The van der Waals surface area contributed by atoms with E-state index in [-0.39, 0.29) is 17.3 Å². The first-order chi connectivity index (χ1) is 12.9. The van der Waals surface area contributed by atoms with E-state index in [0.29, 0.717) is 6.54 Å². The highest BCUT2D eigenvalue weighted by Gasteiger charge is 2.25. The molecule has 0 aliphatic rings. The van der Waals surface area contributed by atoms with Crippen LogP contribution >= 0.6 is 0 Å². The molecular formula is C21H22N2O3S. The predicted octanol–water partition coefficient (Wildman–Crippen LogP) is 3.51. The van der Waals surface area contributed by atoms with Gasteiger partial charge in [0.15, 0.2) is 0 Å². The highest BCUT2D eigenvalue weighted by Crippen LogP contribution is 2.22. The fraction of sp³-hybridized carbons (Fsp3) is 0.190. The van der Waals surface area contributed by atoms with Crippen LogP contribution in [0.2, 0.25) is 0 Å². The largest absolute Gasteiger partial charge is 0.312 e. The summed E-state index contributed by atoms with van der Waals surface area (Å²) in [5.41, 5.74) is 0.751. The van der Waals surface area contributed by atoms with Crippen molar-refractivity contribution in [2.45, 2.75) is 11.8 Å². The molecule has 0 aliphatic carbocycles. The van der Waals surface area contributed by atoms with E-state index < -0.39 is 10.0 Å². The lowest BCUT2D eigenvalue weighted by Gasteiger charge is -2.24. The Morgan fingerprint density at radius 1 is 0.889 bits per heavy atom. The smallest absolute Gasteiger partial charge is 0.243 e. The van der Waals surface area contributed by atoms with Gasteiger partial charge in [-0.05, 0) is 42.0 Å². The third-order valence-electron chi connectivity index (χ3n) is 4.47. The van der Waals surface area contributed by atoms with Gasteiger partial charge in [-0.2, -0.15) is 4.31 Å². The molecule has 5 nitrogen and oxygen atoms in total. The van der Waals surface area contributed by atoms with Crippen molar-refractivity contribution in [3.63, 3.8) is 0 Å². The van der Waals surface area contributed by atoms with Gasteiger partial charge in [0.2, 0.25) is 15.9 Å². The Bertz CT molecular complexity index is 1050. The summed E-state index contributed by atoms with van der Waals surface area (Å²) in [6.45, 7) is 2.10. The summed E-state index contributed by atoms with van der Waals surface area (Å²) in [5.74, 6) is -0.268. The number of para-hydroxylation sites is 1. The van der Waals surface area contributed by atoms with Crippen LogP contribution in [-0.4, -0.2) is 38.8 Å². The molecule has 140 valence electrons. The molecular weight excluding hydrogens is 360 g/mol. The Balaban J connectivity index is 1.82. The number of anilines is 1. The van der Waals surface area contributed by atoms with E-state index >= 15 is 0 Å². The Morgan fingerprint density at radius 2 is 1.52 bits per heavy atom. The number of hydrogen-bond acceptors (Lipinski definition) is 3. The van der Waals surface area contributed by atoms with Gasteiger partial charge in [-0.3, -0.25) is 4.79 Å². The Hall–Kier alpha value is -2.70. The number of amides is 1. The zero-order valence-electron chi connectivity index (χ0n) is 15.4. The lowest BCUT2D eigenvalue weighted by molar-refractivity contribution is -0.118. The number of rotatable bonds is 6. The second-order valence-corrected chi connectivity index (χ2v) is 8.29. The minimum Gasteiger partial charge on any atom is -0.312 e. The van der Waals surface area contributed by atoms with Gasteiger partial charge in [-0.25, -0.2) is 8.42 Å². The first kappa shape index (κ1) is 19.1. The van der Waals surface area contributed by atoms with Gasteiger partial charge < -0.3 is 4.90 Å². The van der Waals surface area contributed by atoms with Gasteiger partial charge in [0.1, 0.15) is 0 Å². The fourth-order valence-corrected chi connectivity index (χ4v) is 4.14. The lowest BCUT2D eigenvalue weighted by atomic mass is 10.1. The summed E-state index contributed by atoms with van der Waals surface area (Å²) in [6, 6.07) is 21.8. The zero-order chi connectivity index (χ0) is 19.4. The number of benzene rings is 3. The number of fused-ring (bicyclic) bond motifs is 1. The molecule has 0 heterocycles. The van der Waals surface area contributed by atoms with E-state index in [2.05, 4.69) is 0 Å². The van der Waals surface area contributed by atoms with Gasteiger partial charge in [-0.15, -0.1) is 0 Å². The van der Waals surface area contributed by atoms with Crippen LogP contribution in [0.3, 0.4) is 0 Å². The quantitative estimate of drug-likeness (QED) is 0.655. The third-order valence-corrected chi connectivity index (χ3v) is 6.27. The van der Waals surface area contributed by atoms with Crippen LogP contribution in [0, 0.1) is 0 Å². The molecule has 3 aromatic rings. The summed E-state index contributed by atoms with van der Waals surface area (Å²) in [4.78, 5) is 14.5. The normalized spacial score (nSPS) is 11.7. The number of hydrogen-bond donors (Lipinski definition) is 0. The van der Waals surface area contributed by atoms with Crippen molar-refractivity contribution >= 4 is 32.4 Å². The highest BCUT2D eigenvalue weighted by molar-refractivity contribution is 7.89. The predicted molar refractivity (Wildman–Crippen MR) is 108 cm³/mol. The van der Waals surface area contributed by atoms with Crippen molar-refractivity contribution in [2.24, 2.45) is 0 Å². The molecule has 0 spiro atoms. The molecule has 0 atom stereocenters. The van der Waals surface area contributed by atoms with E-state index in [9.17, 15) is 13.2 Å². The Morgan fingerprint density at radius 3 is 2.19 bits per heavy atom. The van der Waals surface area contributed by atoms with Crippen LogP contribution in [0.5, 0.6) is 0 Å². The van der Waals surface area contributed by atoms with Crippen LogP contribution in [0.15, 0.2) is 77.7 Å². The van der Waals surface area contributed by atoms with Crippen molar-refractivity contribution in [1.29, 1.82) is 0 Å². The van der Waals surface area contributed by atoms with Crippen molar-refractivity contribution in [3.8, 4) is 0 Å². The van der Waals surface area contributed by atoms with E-state index in [4.69, 9.17) is 0 Å². The summed E-state index contributed by atoms with van der Waals surface area (Å²) in [7, 11) is -2.33. The van der Waals surface area contributed by atoms with E-state index in [0.717, 1.165) is 20.8 Å². The molecule has 3 rings (SSSR count). The summed E-state index contributed by atoms with van der Waals surface area (Å²) in [5, 5.41) is 1.81. The van der Waals surface area contributed by atoms with E-state index in [1.54, 1.807) is 23.1 Å². The molecule has 0 unspecified atom stereocenters. The van der Waals surface area contributed by atoms with Crippen molar-refractivity contribution in [2.75, 3.05) is 25.0 Å². The molecule has 0 saturated heterocycles.